The maximum Gasteiger partial charge on any atom is 0.314 e. The van der Waals surface area contributed by atoms with E-state index in [2.05, 4.69) is 0 Å². The predicted octanol–water partition coefficient (Wildman–Crippen LogP) is 7.59. The molecule has 0 aromatic heterocycles. The van der Waals surface area contributed by atoms with E-state index in [9.17, 15) is 13.6 Å². The maximum atomic E-state index is 14.9. The van der Waals surface area contributed by atoms with E-state index >= 15 is 0 Å². The Morgan fingerprint density at radius 1 is 0.914 bits per heavy atom. The third-order valence-electron chi connectivity index (χ3n) is 6.93. The van der Waals surface area contributed by atoms with Gasteiger partial charge < -0.3 is 9.47 Å². The third-order valence-corrected chi connectivity index (χ3v) is 6.93. The van der Waals surface area contributed by atoms with Gasteiger partial charge in [-0.2, -0.15) is 0 Å². The van der Waals surface area contributed by atoms with Crippen molar-refractivity contribution in [2.45, 2.75) is 57.8 Å². The molecule has 0 saturated heterocycles. The van der Waals surface area contributed by atoms with E-state index in [0.29, 0.717) is 50.0 Å². The second kappa shape index (κ2) is 11.5. The smallest absolute Gasteiger partial charge is 0.314 e. The second-order valence-corrected chi connectivity index (χ2v) is 9.35. The average molecular weight is 479 g/mol. The zero-order chi connectivity index (χ0) is 24.8. The summed E-state index contributed by atoms with van der Waals surface area (Å²) in [5.74, 6) is -0.164. The van der Waals surface area contributed by atoms with Gasteiger partial charge in [-0.3, -0.25) is 4.79 Å². The first kappa shape index (κ1) is 24.9. The molecule has 1 saturated carbocycles. The number of rotatable bonds is 8. The van der Waals surface area contributed by atoms with E-state index in [-0.39, 0.29) is 29.3 Å². The predicted molar refractivity (Wildman–Crippen MR) is 133 cm³/mol. The molecule has 0 amide bonds. The summed E-state index contributed by atoms with van der Waals surface area (Å²) in [5, 5.41) is 0. The number of ether oxygens (including phenoxy) is 2. The summed E-state index contributed by atoms with van der Waals surface area (Å²) in [6.45, 7) is 4.47. The van der Waals surface area contributed by atoms with Gasteiger partial charge in [0.15, 0.2) is 0 Å². The second-order valence-electron chi connectivity index (χ2n) is 9.35. The van der Waals surface area contributed by atoms with Crippen LogP contribution in [0.4, 0.5) is 8.78 Å². The van der Waals surface area contributed by atoms with Gasteiger partial charge in [0.1, 0.15) is 23.1 Å². The summed E-state index contributed by atoms with van der Waals surface area (Å²) in [6.07, 6.45) is 2.97. The Morgan fingerprint density at radius 3 is 2.11 bits per heavy atom. The summed E-state index contributed by atoms with van der Waals surface area (Å²) in [6, 6.07) is 19.7. The van der Waals surface area contributed by atoms with Gasteiger partial charge >= 0.3 is 5.97 Å². The summed E-state index contributed by atoms with van der Waals surface area (Å²) in [4.78, 5) is 12.6. The van der Waals surface area contributed by atoms with Crippen LogP contribution >= 0.6 is 0 Å². The Hall–Kier alpha value is -3.21. The topological polar surface area (TPSA) is 35.5 Å². The minimum Gasteiger partial charge on any atom is -0.494 e. The fourth-order valence-electron chi connectivity index (χ4n) is 4.89. The highest BCUT2D eigenvalue weighted by atomic mass is 19.1. The quantitative estimate of drug-likeness (QED) is 0.247. The minimum absolute atomic E-state index is 0.0166. The van der Waals surface area contributed by atoms with Crippen molar-refractivity contribution in [1.29, 1.82) is 0 Å². The van der Waals surface area contributed by atoms with Crippen LogP contribution in [0.2, 0.25) is 0 Å². The molecule has 3 aromatic carbocycles. The number of carbonyl (C=O) groups is 1. The van der Waals surface area contributed by atoms with E-state index in [1.54, 1.807) is 24.3 Å². The number of benzene rings is 3. The molecule has 0 bridgehead atoms. The lowest BCUT2D eigenvalue weighted by Gasteiger charge is -2.28. The zero-order valence-corrected chi connectivity index (χ0v) is 20.3. The molecule has 3 aromatic rings. The van der Waals surface area contributed by atoms with Crippen molar-refractivity contribution in [1.82, 2.24) is 0 Å². The van der Waals surface area contributed by atoms with Gasteiger partial charge in [0.05, 0.1) is 12.5 Å². The first-order chi connectivity index (χ1) is 16.9. The van der Waals surface area contributed by atoms with E-state index in [1.807, 2.05) is 44.2 Å². The van der Waals surface area contributed by atoms with Gasteiger partial charge in [-0.25, -0.2) is 8.78 Å². The number of hydrogen-bond donors (Lipinski definition) is 0. The average Bonchev–Trinajstić information content (AvgIpc) is 2.88. The lowest BCUT2D eigenvalue weighted by atomic mass is 9.78. The minimum atomic E-state index is -0.486. The molecule has 3 nitrogen and oxygen atoms in total. The molecule has 0 N–H and O–H groups in total. The van der Waals surface area contributed by atoms with Crippen LogP contribution < -0.4 is 9.47 Å². The van der Waals surface area contributed by atoms with Crippen LogP contribution in [0.15, 0.2) is 66.7 Å². The summed E-state index contributed by atoms with van der Waals surface area (Å²) >= 11 is 0. The highest BCUT2D eigenvalue weighted by Crippen LogP contribution is 2.38. The van der Waals surface area contributed by atoms with E-state index in [0.717, 1.165) is 11.3 Å². The molecular formula is C30H32F2O3. The van der Waals surface area contributed by atoms with Crippen molar-refractivity contribution in [3.63, 3.8) is 0 Å². The fraction of sp³-hybridized carbons (Fsp3) is 0.367. The number of halogens is 2. The molecule has 4 rings (SSSR count). The van der Waals surface area contributed by atoms with Gasteiger partial charge in [-0.15, -0.1) is 0 Å². The van der Waals surface area contributed by atoms with Crippen LogP contribution in [-0.2, 0) is 11.2 Å². The first-order valence-electron chi connectivity index (χ1n) is 12.4. The molecule has 0 aliphatic heterocycles. The monoisotopic (exact) mass is 478 g/mol. The molecule has 1 atom stereocenters. The molecule has 0 heterocycles. The first-order valence-corrected chi connectivity index (χ1v) is 12.4. The molecule has 1 aliphatic rings. The number of carbonyl (C=O) groups excluding carboxylic acids is 1. The van der Waals surface area contributed by atoms with Crippen molar-refractivity contribution >= 4 is 5.97 Å². The van der Waals surface area contributed by atoms with Crippen molar-refractivity contribution in [3.8, 4) is 11.5 Å². The van der Waals surface area contributed by atoms with Crippen LogP contribution in [0.5, 0.6) is 11.5 Å². The highest BCUT2D eigenvalue weighted by molar-refractivity contribution is 5.75. The molecule has 184 valence electrons. The normalized spacial score (nSPS) is 18.6. The highest BCUT2D eigenvalue weighted by Gasteiger charge is 2.29. The Balaban J connectivity index is 1.34. The Labute approximate surface area is 206 Å². The molecule has 5 heteroatoms. The molecule has 0 radical (unpaired) electrons. The fourth-order valence-corrected chi connectivity index (χ4v) is 4.89. The van der Waals surface area contributed by atoms with Gasteiger partial charge in [0.2, 0.25) is 0 Å². The number of hydrogen-bond acceptors (Lipinski definition) is 3. The summed E-state index contributed by atoms with van der Waals surface area (Å²) < 4.78 is 40.8. The third kappa shape index (κ3) is 6.27. The van der Waals surface area contributed by atoms with Crippen LogP contribution in [0.1, 0.15) is 68.1 Å². The Kier molecular flexibility index (Phi) is 8.17. The van der Waals surface area contributed by atoms with Crippen LogP contribution in [0.25, 0.3) is 0 Å². The zero-order valence-electron chi connectivity index (χ0n) is 20.3. The standard InChI is InChI=1S/C30H32F2O3/c1-3-34-25-13-15-26(16-14-25)35-30(33)23-11-9-22(10-12-23)24-18-28(31)27(29(32)19-24)17-20(2)21-7-5-4-6-8-21/h4-8,13-16,18-20,22-23H,3,9-12,17H2,1-2H3. The van der Waals surface area contributed by atoms with Crippen LogP contribution in [0.3, 0.4) is 0 Å². The SMILES string of the molecule is CCOc1ccc(OC(=O)C2CCC(c3cc(F)c(CC(C)c4ccccc4)c(F)c3)CC2)cc1. The summed E-state index contributed by atoms with van der Waals surface area (Å²) in [5.41, 5.74) is 1.87. The van der Waals surface area contributed by atoms with Crippen LogP contribution in [0, 0.1) is 17.6 Å². The van der Waals surface area contributed by atoms with Gasteiger partial charge in [-0.1, -0.05) is 37.3 Å². The van der Waals surface area contributed by atoms with Crippen molar-refractivity contribution < 1.29 is 23.0 Å². The van der Waals surface area contributed by atoms with Crippen molar-refractivity contribution in [3.05, 3.63) is 95.1 Å². The van der Waals surface area contributed by atoms with Gasteiger partial charge in [0, 0.05) is 5.56 Å². The number of esters is 1. The molecular weight excluding hydrogens is 446 g/mol. The Bertz CT molecular complexity index is 1100. The maximum absolute atomic E-state index is 14.9. The van der Waals surface area contributed by atoms with Crippen molar-refractivity contribution in [2.24, 2.45) is 5.92 Å². The molecule has 1 fully saturated rings. The lowest BCUT2D eigenvalue weighted by Crippen LogP contribution is -2.25. The van der Waals surface area contributed by atoms with Crippen molar-refractivity contribution in [2.75, 3.05) is 6.61 Å². The van der Waals surface area contributed by atoms with E-state index in [1.165, 1.54) is 12.1 Å². The molecule has 0 spiro atoms. The molecule has 1 aliphatic carbocycles. The largest absolute Gasteiger partial charge is 0.494 e. The lowest BCUT2D eigenvalue weighted by molar-refractivity contribution is -0.140. The Morgan fingerprint density at radius 2 is 1.51 bits per heavy atom. The molecule has 1 unspecified atom stereocenters. The van der Waals surface area contributed by atoms with Gasteiger partial charge in [0.25, 0.3) is 0 Å². The van der Waals surface area contributed by atoms with Crippen LogP contribution in [-0.4, -0.2) is 12.6 Å². The summed E-state index contributed by atoms with van der Waals surface area (Å²) in [7, 11) is 0. The van der Waals surface area contributed by atoms with Gasteiger partial charge in [-0.05, 0) is 98.4 Å². The molecule has 35 heavy (non-hydrogen) atoms. The van der Waals surface area contributed by atoms with E-state index in [4.69, 9.17) is 9.47 Å². The van der Waals surface area contributed by atoms with E-state index < -0.39 is 11.6 Å².